The van der Waals surface area contributed by atoms with Crippen LogP contribution in [-0.2, 0) is 0 Å². The number of nitrogens with one attached hydrogen (secondary N) is 2. The summed E-state index contributed by atoms with van der Waals surface area (Å²) < 4.78 is 0. The fourth-order valence-electron chi connectivity index (χ4n) is 1.72. The molecule has 21 heavy (non-hydrogen) atoms. The standard InChI is InChI=1S/C16H20N4O/c1-4-12(3)17-14-9-10-15(20-19-14)18-16(21)13-7-5-11(2)6-8-13/h5-10,12H,4H2,1-3H3,(H,17,19)(H,18,20,21). The molecule has 0 saturated heterocycles. The molecule has 0 fully saturated rings. The maximum absolute atomic E-state index is 12.0. The van der Waals surface area contributed by atoms with Gasteiger partial charge in [-0.2, -0.15) is 0 Å². The van der Waals surface area contributed by atoms with Crippen LogP contribution in [0.15, 0.2) is 36.4 Å². The van der Waals surface area contributed by atoms with Gasteiger partial charge in [-0.05, 0) is 44.5 Å². The highest BCUT2D eigenvalue weighted by atomic mass is 16.1. The summed E-state index contributed by atoms with van der Waals surface area (Å²) in [5, 5.41) is 14.0. The number of hydrogen-bond donors (Lipinski definition) is 2. The van der Waals surface area contributed by atoms with Crippen molar-refractivity contribution in [1.29, 1.82) is 0 Å². The number of anilines is 2. The van der Waals surface area contributed by atoms with Gasteiger partial charge in [0.2, 0.25) is 0 Å². The van der Waals surface area contributed by atoms with Crippen LogP contribution in [0.3, 0.4) is 0 Å². The van der Waals surface area contributed by atoms with Crippen LogP contribution in [0, 0.1) is 6.92 Å². The van der Waals surface area contributed by atoms with Gasteiger partial charge in [0.1, 0.15) is 5.82 Å². The van der Waals surface area contributed by atoms with Crippen molar-refractivity contribution < 1.29 is 4.79 Å². The zero-order valence-electron chi connectivity index (χ0n) is 12.6. The molecule has 2 N–H and O–H groups in total. The second kappa shape index (κ2) is 6.83. The van der Waals surface area contributed by atoms with Crippen LogP contribution >= 0.6 is 0 Å². The number of hydrogen-bond acceptors (Lipinski definition) is 4. The minimum atomic E-state index is -0.188. The third-order valence-electron chi connectivity index (χ3n) is 3.23. The van der Waals surface area contributed by atoms with E-state index in [1.807, 2.05) is 25.1 Å². The monoisotopic (exact) mass is 284 g/mol. The van der Waals surface area contributed by atoms with Crippen molar-refractivity contribution in [1.82, 2.24) is 10.2 Å². The number of nitrogens with zero attached hydrogens (tertiary/aromatic N) is 2. The van der Waals surface area contributed by atoms with E-state index >= 15 is 0 Å². The van der Waals surface area contributed by atoms with Crippen molar-refractivity contribution in [2.45, 2.75) is 33.2 Å². The molecular formula is C16H20N4O. The molecule has 0 aliphatic rings. The lowest BCUT2D eigenvalue weighted by Crippen LogP contribution is -2.16. The van der Waals surface area contributed by atoms with E-state index in [4.69, 9.17) is 0 Å². The second-order valence-electron chi connectivity index (χ2n) is 5.08. The molecule has 1 unspecified atom stereocenters. The van der Waals surface area contributed by atoms with Crippen molar-refractivity contribution in [3.63, 3.8) is 0 Å². The minimum absolute atomic E-state index is 0.188. The van der Waals surface area contributed by atoms with Gasteiger partial charge < -0.3 is 10.6 Å². The van der Waals surface area contributed by atoms with Gasteiger partial charge in [-0.1, -0.05) is 24.6 Å². The Morgan fingerprint density at radius 3 is 2.29 bits per heavy atom. The van der Waals surface area contributed by atoms with Gasteiger partial charge in [0, 0.05) is 11.6 Å². The Labute approximate surface area is 124 Å². The minimum Gasteiger partial charge on any atom is -0.366 e. The SMILES string of the molecule is CCC(C)Nc1ccc(NC(=O)c2ccc(C)cc2)nn1. The summed E-state index contributed by atoms with van der Waals surface area (Å²) in [4.78, 5) is 12.0. The molecule has 1 amide bonds. The first-order valence-electron chi connectivity index (χ1n) is 7.06. The Morgan fingerprint density at radius 1 is 1.10 bits per heavy atom. The summed E-state index contributed by atoms with van der Waals surface area (Å²) in [5.41, 5.74) is 1.72. The summed E-state index contributed by atoms with van der Waals surface area (Å²) in [6.07, 6.45) is 1.01. The maximum Gasteiger partial charge on any atom is 0.256 e. The van der Waals surface area contributed by atoms with Crippen LogP contribution in [0.5, 0.6) is 0 Å². The van der Waals surface area contributed by atoms with Crippen LogP contribution in [0.25, 0.3) is 0 Å². The van der Waals surface area contributed by atoms with Crippen molar-refractivity contribution in [3.8, 4) is 0 Å². The van der Waals surface area contributed by atoms with Gasteiger partial charge in [-0.15, -0.1) is 10.2 Å². The largest absolute Gasteiger partial charge is 0.366 e. The van der Waals surface area contributed by atoms with Gasteiger partial charge in [-0.3, -0.25) is 4.79 Å². The van der Waals surface area contributed by atoms with Crippen molar-refractivity contribution in [2.24, 2.45) is 0 Å². The average Bonchev–Trinajstić information content (AvgIpc) is 2.49. The molecular weight excluding hydrogens is 264 g/mol. The third kappa shape index (κ3) is 4.27. The average molecular weight is 284 g/mol. The highest BCUT2D eigenvalue weighted by Gasteiger charge is 2.07. The summed E-state index contributed by atoms with van der Waals surface area (Å²) in [5.74, 6) is 0.958. The third-order valence-corrected chi connectivity index (χ3v) is 3.23. The fraction of sp³-hybridized carbons (Fsp3) is 0.312. The Morgan fingerprint density at radius 2 is 1.71 bits per heavy atom. The molecule has 0 radical (unpaired) electrons. The number of carbonyl (C=O) groups is 1. The molecule has 0 bridgehead atoms. The highest BCUT2D eigenvalue weighted by Crippen LogP contribution is 2.10. The van der Waals surface area contributed by atoms with E-state index < -0.39 is 0 Å². The molecule has 5 heteroatoms. The van der Waals surface area contributed by atoms with E-state index in [0.29, 0.717) is 23.2 Å². The summed E-state index contributed by atoms with van der Waals surface area (Å²) in [6.45, 7) is 6.16. The van der Waals surface area contributed by atoms with Crippen LogP contribution in [0.1, 0.15) is 36.2 Å². The Balaban J connectivity index is 1.99. The summed E-state index contributed by atoms with van der Waals surface area (Å²) in [6, 6.07) is 11.3. The maximum atomic E-state index is 12.0. The Kier molecular flexibility index (Phi) is 4.87. The Hall–Kier alpha value is -2.43. The molecule has 1 heterocycles. The van der Waals surface area contributed by atoms with Crippen LogP contribution in [-0.4, -0.2) is 22.1 Å². The molecule has 0 spiro atoms. The van der Waals surface area contributed by atoms with Gasteiger partial charge in [-0.25, -0.2) is 0 Å². The number of aromatic nitrogens is 2. The predicted molar refractivity (Wildman–Crippen MR) is 84.5 cm³/mol. The van der Waals surface area contributed by atoms with E-state index in [1.54, 1.807) is 18.2 Å². The van der Waals surface area contributed by atoms with E-state index in [-0.39, 0.29) is 5.91 Å². The summed E-state index contributed by atoms with van der Waals surface area (Å²) >= 11 is 0. The smallest absolute Gasteiger partial charge is 0.256 e. The van der Waals surface area contributed by atoms with E-state index in [1.165, 1.54) is 0 Å². The first-order valence-corrected chi connectivity index (χ1v) is 7.06. The molecule has 110 valence electrons. The van der Waals surface area contributed by atoms with Gasteiger partial charge in [0.15, 0.2) is 5.82 Å². The molecule has 2 rings (SSSR count). The zero-order chi connectivity index (χ0) is 15.2. The predicted octanol–water partition coefficient (Wildman–Crippen LogP) is 3.25. The van der Waals surface area contributed by atoms with Crippen molar-refractivity contribution in [3.05, 3.63) is 47.5 Å². The normalized spacial score (nSPS) is 11.8. The summed E-state index contributed by atoms with van der Waals surface area (Å²) in [7, 11) is 0. The second-order valence-corrected chi connectivity index (χ2v) is 5.08. The van der Waals surface area contributed by atoms with Crippen molar-refractivity contribution in [2.75, 3.05) is 10.6 Å². The van der Waals surface area contributed by atoms with Gasteiger partial charge in [0.05, 0.1) is 0 Å². The molecule has 0 aliphatic carbocycles. The lowest BCUT2D eigenvalue weighted by Gasteiger charge is -2.11. The first-order chi connectivity index (χ1) is 10.1. The van der Waals surface area contributed by atoms with E-state index in [9.17, 15) is 4.79 Å². The topological polar surface area (TPSA) is 66.9 Å². The molecule has 0 aliphatic heterocycles. The highest BCUT2D eigenvalue weighted by molar-refractivity contribution is 6.03. The number of aryl methyl sites for hydroxylation is 1. The lowest BCUT2D eigenvalue weighted by molar-refractivity contribution is 0.102. The number of rotatable bonds is 5. The zero-order valence-corrected chi connectivity index (χ0v) is 12.6. The molecule has 2 aromatic rings. The molecule has 1 aromatic carbocycles. The van der Waals surface area contributed by atoms with E-state index in [0.717, 1.165) is 12.0 Å². The van der Waals surface area contributed by atoms with Crippen LogP contribution in [0.4, 0.5) is 11.6 Å². The van der Waals surface area contributed by atoms with E-state index in [2.05, 4.69) is 34.7 Å². The molecule has 5 nitrogen and oxygen atoms in total. The lowest BCUT2D eigenvalue weighted by atomic mass is 10.1. The van der Waals surface area contributed by atoms with Gasteiger partial charge in [0.25, 0.3) is 5.91 Å². The first kappa shape index (κ1) is 15.0. The molecule has 1 atom stereocenters. The quantitative estimate of drug-likeness (QED) is 0.884. The fourth-order valence-corrected chi connectivity index (χ4v) is 1.72. The number of amides is 1. The number of carbonyl (C=O) groups excluding carboxylic acids is 1. The molecule has 0 saturated carbocycles. The van der Waals surface area contributed by atoms with Crippen LogP contribution in [0.2, 0.25) is 0 Å². The Bertz CT molecular complexity index is 593. The van der Waals surface area contributed by atoms with Gasteiger partial charge >= 0.3 is 0 Å². The molecule has 1 aromatic heterocycles. The van der Waals surface area contributed by atoms with Crippen molar-refractivity contribution >= 4 is 17.5 Å². The van der Waals surface area contributed by atoms with Crippen LogP contribution < -0.4 is 10.6 Å². The number of benzene rings is 1.